The van der Waals surface area contributed by atoms with E-state index in [1.54, 1.807) is 18.3 Å². The molecule has 0 fully saturated rings. The topological polar surface area (TPSA) is 80.2 Å². The Hall–Kier alpha value is -3.09. The highest BCUT2D eigenvalue weighted by molar-refractivity contribution is 6.02. The maximum absolute atomic E-state index is 12.8. The molecule has 0 saturated heterocycles. The van der Waals surface area contributed by atoms with Gasteiger partial charge in [-0.15, -0.1) is 0 Å². The molecule has 0 aliphatic carbocycles. The number of nitrogens with zero attached hydrogens (tertiary/aromatic N) is 1. The molecule has 0 bridgehead atoms. The number of furan rings is 1. The molecule has 0 radical (unpaired) electrons. The maximum atomic E-state index is 12.8. The number of halogens is 1. The van der Waals surface area contributed by atoms with E-state index in [-0.39, 0.29) is 24.1 Å². The quantitative estimate of drug-likeness (QED) is 0.759. The van der Waals surface area contributed by atoms with Crippen molar-refractivity contribution in [3.63, 3.8) is 0 Å². The minimum Gasteiger partial charge on any atom is -0.486 e. The predicted octanol–water partition coefficient (Wildman–Crippen LogP) is 2.97. The Kier molecular flexibility index (Phi) is 3.86. The molecule has 1 amide bonds. The Balaban J connectivity index is 1.58. The zero-order chi connectivity index (χ0) is 15.4. The van der Waals surface area contributed by atoms with Gasteiger partial charge in [-0.05, 0) is 36.4 Å². The highest BCUT2D eigenvalue weighted by atomic mass is 19.1. The van der Waals surface area contributed by atoms with Gasteiger partial charge in [0, 0.05) is 6.20 Å². The van der Waals surface area contributed by atoms with E-state index in [9.17, 15) is 9.18 Å². The second kappa shape index (κ2) is 6.13. The third-order valence-electron chi connectivity index (χ3n) is 2.84. The number of carbonyl (C=O) groups excluding carboxylic acids is 1. The Morgan fingerprint density at radius 2 is 2.09 bits per heavy atom. The van der Waals surface area contributed by atoms with Crippen molar-refractivity contribution in [1.29, 1.82) is 0 Å². The average molecular weight is 301 g/mol. The summed E-state index contributed by atoms with van der Waals surface area (Å²) in [6.45, 7) is 0.143. The van der Waals surface area contributed by atoms with Gasteiger partial charge in [-0.1, -0.05) is 0 Å². The fourth-order valence-corrected chi connectivity index (χ4v) is 1.77. The van der Waals surface area contributed by atoms with Gasteiger partial charge in [-0.25, -0.2) is 4.39 Å². The van der Waals surface area contributed by atoms with Crippen molar-refractivity contribution in [3.8, 4) is 5.75 Å². The summed E-state index contributed by atoms with van der Waals surface area (Å²) in [5, 5.41) is 8.94. The number of hydrogen-bond donors (Lipinski definition) is 2. The molecule has 1 aromatic carbocycles. The molecule has 0 aliphatic heterocycles. The summed E-state index contributed by atoms with van der Waals surface area (Å²) in [5.74, 6) is 0.459. The number of aromatic nitrogens is 2. The van der Waals surface area contributed by atoms with Crippen molar-refractivity contribution in [2.24, 2.45) is 0 Å². The fraction of sp³-hybridized carbons (Fsp3) is 0.0667. The number of anilines is 1. The van der Waals surface area contributed by atoms with E-state index in [0.717, 1.165) is 0 Å². The third kappa shape index (κ3) is 3.32. The van der Waals surface area contributed by atoms with Gasteiger partial charge < -0.3 is 14.5 Å². The number of amides is 1. The molecule has 7 heteroatoms. The number of aromatic amines is 1. The minimum atomic E-state index is -0.380. The highest BCUT2D eigenvalue weighted by Crippen LogP contribution is 2.16. The summed E-state index contributed by atoms with van der Waals surface area (Å²) >= 11 is 0. The van der Waals surface area contributed by atoms with Crippen LogP contribution in [-0.4, -0.2) is 16.1 Å². The van der Waals surface area contributed by atoms with Crippen LogP contribution in [-0.2, 0) is 6.61 Å². The number of benzene rings is 1. The zero-order valence-electron chi connectivity index (χ0n) is 11.4. The van der Waals surface area contributed by atoms with Crippen molar-refractivity contribution < 1.29 is 18.3 Å². The lowest BCUT2D eigenvalue weighted by molar-refractivity contribution is 0.0992. The van der Waals surface area contributed by atoms with Gasteiger partial charge in [0.15, 0.2) is 5.76 Å². The number of carbonyl (C=O) groups is 1. The summed E-state index contributed by atoms with van der Waals surface area (Å²) in [6, 6.07) is 8.85. The van der Waals surface area contributed by atoms with Crippen molar-refractivity contribution in [3.05, 3.63) is 66.1 Å². The molecule has 0 saturated carbocycles. The molecule has 0 spiro atoms. The number of ether oxygens (including phenoxy) is 1. The molecule has 3 aromatic rings. The van der Waals surface area contributed by atoms with Gasteiger partial charge in [0.05, 0.1) is 11.9 Å². The van der Waals surface area contributed by atoms with Gasteiger partial charge in [0.25, 0.3) is 5.91 Å². The number of nitrogens with one attached hydrogen (secondary N) is 2. The van der Waals surface area contributed by atoms with E-state index in [1.807, 2.05) is 0 Å². The molecule has 22 heavy (non-hydrogen) atoms. The Labute approximate surface area is 124 Å². The van der Waals surface area contributed by atoms with E-state index in [4.69, 9.17) is 9.15 Å². The minimum absolute atomic E-state index is 0.143. The van der Waals surface area contributed by atoms with Crippen LogP contribution in [0.15, 0.2) is 53.2 Å². The molecule has 2 N–H and O–H groups in total. The Morgan fingerprint density at radius 1 is 1.27 bits per heavy atom. The first kappa shape index (κ1) is 13.9. The van der Waals surface area contributed by atoms with E-state index >= 15 is 0 Å². The van der Waals surface area contributed by atoms with Crippen LogP contribution in [0.25, 0.3) is 0 Å². The molecule has 0 atom stereocenters. The summed E-state index contributed by atoms with van der Waals surface area (Å²) in [4.78, 5) is 11.9. The van der Waals surface area contributed by atoms with Gasteiger partial charge in [0.1, 0.15) is 23.9 Å². The van der Waals surface area contributed by atoms with E-state index in [2.05, 4.69) is 15.5 Å². The average Bonchev–Trinajstić information content (AvgIpc) is 3.18. The first-order valence-electron chi connectivity index (χ1n) is 6.48. The number of H-pyrrole nitrogens is 1. The predicted molar refractivity (Wildman–Crippen MR) is 76.0 cm³/mol. The van der Waals surface area contributed by atoms with Gasteiger partial charge >= 0.3 is 0 Å². The number of rotatable bonds is 5. The van der Waals surface area contributed by atoms with Gasteiger partial charge in [-0.2, -0.15) is 5.10 Å². The van der Waals surface area contributed by atoms with Crippen LogP contribution in [0.4, 0.5) is 10.1 Å². The zero-order valence-corrected chi connectivity index (χ0v) is 11.4. The van der Waals surface area contributed by atoms with Crippen LogP contribution < -0.4 is 10.1 Å². The lowest BCUT2D eigenvalue weighted by atomic mass is 10.3. The van der Waals surface area contributed by atoms with E-state index in [0.29, 0.717) is 17.2 Å². The molecule has 112 valence electrons. The summed E-state index contributed by atoms with van der Waals surface area (Å²) in [6.07, 6.45) is 3.04. The van der Waals surface area contributed by atoms with Crippen LogP contribution in [0.5, 0.6) is 5.75 Å². The van der Waals surface area contributed by atoms with Crippen molar-refractivity contribution in [2.75, 3.05) is 5.32 Å². The molecule has 0 aliphatic rings. The molecule has 2 heterocycles. The first-order valence-corrected chi connectivity index (χ1v) is 6.48. The summed E-state index contributed by atoms with van der Waals surface area (Å²) in [7, 11) is 0. The standard InChI is InChI=1S/C15H12FN3O3/c16-10-1-3-12(4-2-10)21-9-13-5-6-14(22-13)15(20)19-11-7-17-18-8-11/h1-8H,9H2,(H,17,18)(H,19,20). The summed E-state index contributed by atoms with van der Waals surface area (Å²) in [5.41, 5.74) is 0.547. The second-order valence-electron chi connectivity index (χ2n) is 4.45. The molecular weight excluding hydrogens is 289 g/mol. The highest BCUT2D eigenvalue weighted by Gasteiger charge is 2.12. The van der Waals surface area contributed by atoms with Crippen LogP contribution in [0.1, 0.15) is 16.3 Å². The van der Waals surface area contributed by atoms with E-state index in [1.165, 1.54) is 30.5 Å². The maximum Gasteiger partial charge on any atom is 0.291 e. The van der Waals surface area contributed by atoms with Crippen LogP contribution in [0.2, 0.25) is 0 Å². The lowest BCUT2D eigenvalue weighted by Crippen LogP contribution is -2.10. The van der Waals surface area contributed by atoms with Crippen molar-refractivity contribution in [1.82, 2.24) is 10.2 Å². The van der Waals surface area contributed by atoms with Crippen LogP contribution >= 0.6 is 0 Å². The van der Waals surface area contributed by atoms with Crippen molar-refractivity contribution in [2.45, 2.75) is 6.61 Å². The fourth-order valence-electron chi connectivity index (χ4n) is 1.77. The molecule has 3 rings (SSSR count). The smallest absolute Gasteiger partial charge is 0.291 e. The Morgan fingerprint density at radius 3 is 2.82 bits per heavy atom. The normalized spacial score (nSPS) is 10.4. The van der Waals surface area contributed by atoms with Crippen molar-refractivity contribution >= 4 is 11.6 Å². The number of hydrogen-bond acceptors (Lipinski definition) is 4. The monoisotopic (exact) mass is 301 g/mol. The molecule has 0 unspecified atom stereocenters. The molecular formula is C15H12FN3O3. The molecule has 2 aromatic heterocycles. The Bertz CT molecular complexity index is 751. The van der Waals surface area contributed by atoms with Crippen LogP contribution in [0, 0.1) is 5.82 Å². The first-order chi connectivity index (χ1) is 10.7. The second-order valence-corrected chi connectivity index (χ2v) is 4.45. The lowest BCUT2D eigenvalue weighted by Gasteiger charge is -2.03. The largest absolute Gasteiger partial charge is 0.486 e. The van der Waals surface area contributed by atoms with Gasteiger partial charge in [0.2, 0.25) is 0 Å². The molecule has 6 nitrogen and oxygen atoms in total. The third-order valence-corrected chi connectivity index (χ3v) is 2.84. The van der Waals surface area contributed by atoms with Crippen LogP contribution in [0.3, 0.4) is 0 Å². The SMILES string of the molecule is O=C(Nc1cn[nH]c1)c1ccc(COc2ccc(F)cc2)o1. The summed E-state index contributed by atoms with van der Waals surface area (Å²) < 4.78 is 23.6. The van der Waals surface area contributed by atoms with Gasteiger partial charge in [-0.3, -0.25) is 9.89 Å². The van der Waals surface area contributed by atoms with E-state index < -0.39 is 0 Å².